The molecule has 1 N–H and O–H groups in total. The highest BCUT2D eigenvalue weighted by Gasteiger charge is 2.17. The summed E-state index contributed by atoms with van der Waals surface area (Å²) in [6.45, 7) is 5.73. The number of halogens is 1. The average molecular weight is 340 g/mol. The van der Waals surface area contributed by atoms with Gasteiger partial charge in [0.2, 0.25) is 0 Å². The van der Waals surface area contributed by atoms with Gasteiger partial charge in [-0.25, -0.2) is 4.98 Å². The van der Waals surface area contributed by atoms with E-state index in [2.05, 4.69) is 31.3 Å². The number of rotatable bonds is 4. The smallest absolute Gasteiger partial charge is 0.291 e. The van der Waals surface area contributed by atoms with Gasteiger partial charge in [0.05, 0.1) is 21.3 Å². The van der Waals surface area contributed by atoms with E-state index in [1.165, 1.54) is 6.20 Å². The first-order valence-corrected chi connectivity index (χ1v) is 6.80. The lowest BCUT2D eigenvalue weighted by molar-refractivity contribution is -0.385. The van der Waals surface area contributed by atoms with Crippen LogP contribution in [-0.4, -0.2) is 19.7 Å². The minimum atomic E-state index is -0.451. The summed E-state index contributed by atoms with van der Waals surface area (Å²) in [5, 5.41) is 18.1. The number of aromatic nitrogens is 3. The maximum Gasteiger partial charge on any atom is 0.291 e. The molecule has 0 spiro atoms. The first-order chi connectivity index (χ1) is 9.40. The van der Waals surface area contributed by atoms with Crippen molar-refractivity contribution >= 4 is 33.1 Å². The van der Waals surface area contributed by atoms with Gasteiger partial charge in [0.15, 0.2) is 0 Å². The highest BCUT2D eigenvalue weighted by Crippen LogP contribution is 2.32. The van der Waals surface area contributed by atoms with Crippen LogP contribution in [0.2, 0.25) is 0 Å². The third-order valence-electron chi connectivity index (χ3n) is 2.83. The summed E-state index contributed by atoms with van der Waals surface area (Å²) in [5.41, 5.74) is 1.30. The number of hydrogen-bond donors (Lipinski definition) is 1. The standard InChI is InChI=1S/C12H14BrN5O2/c1-7(2)17-6-9(4-15-17)16-12-11(13)8(3)10(5-14-12)18(19)20/h4-7H,1-3H3,(H,14,16). The molecular formula is C12H14BrN5O2. The number of anilines is 2. The Hall–Kier alpha value is -1.96. The van der Waals surface area contributed by atoms with Gasteiger partial charge in [-0.15, -0.1) is 0 Å². The molecule has 0 atom stereocenters. The molecule has 0 aliphatic rings. The third-order valence-corrected chi connectivity index (χ3v) is 3.80. The first kappa shape index (κ1) is 14.4. The van der Waals surface area contributed by atoms with E-state index in [1.807, 2.05) is 24.7 Å². The van der Waals surface area contributed by atoms with Crippen LogP contribution in [0.3, 0.4) is 0 Å². The molecular weight excluding hydrogens is 326 g/mol. The summed E-state index contributed by atoms with van der Waals surface area (Å²) in [7, 11) is 0. The van der Waals surface area contributed by atoms with E-state index in [1.54, 1.807) is 13.1 Å². The van der Waals surface area contributed by atoms with Crippen molar-refractivity contribution in [3.63, 3.8) is 0 Å². The number of hydrogen-bond acceptors (Lipinski definition) is 5. The van der Waals surface area contributed by atoms with Gasteiger partial charge in [-0.05, 0) is 36.7 Å². The summed E-state index contributed by atoms with van der Waals surface area (Å²) < 4.78 is 2.39. The minimum Gasteiger partial charge on any atom is -0.337 e. The van der Waals surface area contributed by atoms with E-state index in [0.717, 1.165) is 5.69 Å². The molecule has 0 bridgehead atoms. The fraction of sp³-hybridized carbons (Fsp3) is 0.333. The highest BCUT2D eigenvalue weighted by atomic mass is 79.9. The van der Waals surface area contributed by atoms with E-state index in [-0.39, 0.29) is 11.7 Å². The molecule has 7 nitrogen and oxygen atoms in total. The normalized spacial score (nSPS) is 10.8. The van der Waals surface area contributed by atoms with Crippen LogP contribution in [0, 0.1) is 17.0 Å². The largest absolute Gasteiger partial charge is 0.337 e. The molecule has 2 rings (SSSR count). The van der Waals surface area contributed by atoms with Crippen LogP contribution in [0.1, 0.15) is 25.5 Å². The molecule has 0 radical (unpaired) electrons. The lowest BCUT2D eigenvalue weighted by atomic mass is 10.2. The van der Waals surface area contributed by atoms with Crippen molar-refractivity contribution in [2.45, 2.75) is 26.8 Å². The SMILES string of the molecule is Cc1c([N+](=O)[O-])cnc(Nc2cnn(C(C)C)c2)c1Br. The van der Waals surface area contributed by atoms with Gasteiger partial charge in [-0.1, -0.05) is 0 Å². The lowest BCUT2D eigenvalue weighted by Crippen LogP contribution is -2.01. The predicted octanol–water partition coefficient (Wildman–Crippen LogP) is 3.58. The van der Waals surface area contributed by atoms with Crippen molar-refractivity contribution in [2.75, 3.05) is 5.32 Å². The maximum absolute atomic E-state index is 10.8. The van der Waals surface area contributed by atoms with E-state index in [0.29, 0.717) is 15.9 Å². The second kappa shape index (κ2) is 5.58. The van der Waals surface area contributed by atoms with Gasteiger partial charge in [0.1, 0.15) is 12.0 Å². The Kier molecular flexibility index (Phi) is 4.03. The van der Waals surface area contributed by atoms with Crippen LogP contribution < -0.4 is 5.32 Å². The molecule has 2 aromatic rings. The monoisotopic (exact) mass is 339 g/mol. The van der Waals surface area contributed by atoms with E-state index < -0.39 is 4.92 Å². The molecule has 8 heteroatoms. The number of nitrogens with zero attached hydrogens (tertiary/aromatic N) is 4. The number of pyridine rings is 1. The summed E-state index contributed by atoms with van der Waals surface area (Å²) in [4.78, 5) is 14.5. The highest BCUT2D eigenvalue weighted by molar-refractivity contribution is 9.10. The number of nitrogens with one attached hydrogen (secondary N) is 1. The molecule has 2 aromatic heterocycles. The molecule has 0 saturated carbocycles. The molecule has 20 heavy (non-hydrogen) atoms. The Bertz CT molecular complexity index is 653. The van der Waals surface area contributed by atoms with Crippen LogP contribution in [0.5, 0.6) is 0 Å². The molecule has 106 valence electrons. The van der Waals surface area contributed by atoms with Crippen molar-refractivity contribution in [1.82, 2.24) is 14.8 Å². The summed E-state index contributed by atoms with van der Waals surface area (Å²) >= 11 is 3.34. The van der Waals surface area contributed by atoms with E-state index >= 15 is 0 Å². The van der Waals surface area contributed by atoms with Crippen molar-refractivity contribution < 1.29 is 4.92 Å². The average Bonchev–Trinajstić information content (AvgIpc) is 2.83. The zero-order valence-corrected chi connectivity index (χ0v) is 12.9. The van der Waals surface area contributed by atoms with Crippen LogP contribution in [-0.2, 0) is 0 Å². The van der Waals surface area contributed by atoms with Gasteiger partial charge in [-0.3, -0.25) is 14.8 Å². The van der Waals surface area contributed by atoms with E-state index in [9.17, 15) is 10.1 Å². The second-order valence-corrected chi connectivity index (χ2v) is 5.41. The van der Waals surface area contributed by atoms with Crippen LogP contribution in [0.25, 0.3) is 0 Å². The molecule has 0 aliphatic heterocycles. The third kappa shape index (κ3) is 2.79. The van der Waals surface area contributed by atoms with E-state index in [4.69, 9.17) is 0 Å². The summed E-state index contributed by atoms with van der Waals surface area (Å²) in [6.07, 6.45) is 4.79. The maximum atomic E-state index is 10.8. The molecule has 0 unspecified atom stereocenters. The van der Waals surface area contributed by atoms with Gasteiger partial charge < -0.3 is 5.32 Å². The second-order valence-electron chi connectivity index (χ2n) is 4.62. The van der Waals surface area contributed by atoms with Crippen molar-refractivity contribution in [3.05, 3.63) is 38.7 Å². The Morgan fingerprint density at radius 3 is 2.70 bits per heavy atom. The number of nitro groups is 1. The topological polar surface area (TPSA) is 85.9 Å². The molecule has 2 heterocycles. The van der Waals surface area contributed by atoms with Gasteiger partial charge >= 0.3 is 0 Å². The zero-order chi connectivity index (χ0) is 14.9. The lowest BCUT2D eigenvalue weighted by Gasteiger charge is -2.08. The van der Waals surface area contributed by atoms with Crippen LogP contribution in [0.15, 0.2) is 23.1 Å². The summed E-state index contributed by atoms with van der Waals surface area (Å²) in [6, 6.07) is 0.264. The first-order valence-electron chi connectivity index (χ1n) is 6.00. The fourth-order valence-corrected chi connectivity index (χ4v) is 2.07. The zero-order valence-electron chi connectivity index (χ0n) is 11.3. The van der Waals surface area contributed by atoms with Gasteiger partial charge in [0.25, 0.3) is 5.69 Å². The fourth-order valence-electron chi connectivity index (χ4n) is 1.66. The quantitative estimate of drug-likeness (QED) is 0.679. The predicted molar refractivity (Wildman–Crippen MR) is 79.2 cm³/mol. The van der Waals surface area contributed by atoms with Crippen LogP contribution >= 0.6 is 15.9 Å². The Balaban J connectivity index is 2.29. The van der Waals surface area contributed by atoms with Crippen LogP contribution in [0.4, 0.5) is 17.2 Å². The van der Waals surface area contributed by atoms with Gasteiger partial charge in [0, 0.05) is 17.8 Å². The Labute approximate surface area is 124 Å². The minimum absolute atomic E-state index is 0.0136. The van der Waals surface area contributed by atoms with Crippen molar-refractivity contribution in [2.24, 2.45) is 0 Å². The Morgan fingerprint density at radius 1 is 1.45 bits per heavy atom. The molecule has 0 aromatic carbocycles. The molecule has 0 saturated heterocycles. The molecule has 0 aliphatic carbocycles. The summed E-state index contributed by atoms with van der Waals surface area (Å²) in [5.74, 6) is 0.524. The van der Waals surface area contributed by atoms with Gasteiger partial charge in [-0.2, -0.15) is 5.10 Å². The molecule has 0 fully saturated rings. The Morgan fingerprint density at radius 2 is 2.15 bits per heavy atom. The van der Waals surface area contributed by atoms with Crippen molar-refractivity contribution in [3.8, 4) is 0 Å². The van der Waals surface area contributed by atoms with Crippen molar-refractivity contribution in [1.29, 1.82) is 0 Å². The molecule has 0 amide bonds.